The van der Waals surface area contributed by atoms with E-state index in [-0.39, 0.29) is 32.6 Å². The van der Waals surface area contributed by atoms with Gasteiger partial charge in [-0.2, -0.15) is 0 Å². The summed E-state index contributed by atoms with van der Waals surface area (Å²) in [5.74, 6) is 1.16. The Morgan fingerprint density at radius 2 is 1.34 bits per heavy atom. The number of hydrogen-bond acceptors (Lipinski definition) is 11. The normalized spacial score (nSPS) is 14.8. The van der Waals surface area contributed by atoms with E-state index in [0.717, 1.165) is 82.1 Å². The van der Waals surface area contributed by atoms with Crippen LogP contribution in [0.25, 0.3) is 0 Å². The minimum atomic E-state index is -4.45. The molecule has 4 atom stereocenters. The molecule has 1 aromatic heterocycles. The van der Waals surface area contributed by atoms with Crippen molar-refractivity contribution in [3.63, 3.8) is 0 Å². The molecule has 0 saturated carbocycles. The third-order valence-corrected chi connectivity index (χ3v) is 10.6. The quantitative estimate of drug-likeness (QED) is 0.0165. The summed E-state index contributed by atoms with van der Waals surface area (Å²) in [6, 6.07) is 0. The molecule has 58 heavy (non-hydrogen) atoms. The number of ether oxygens (including phenoxy) is 2. The number of carbonyl (C=O) groups excluding carboxylic acids is 2. The van der Waals surface area contributed by atoms with E-state index in [1.54, 1.807) is 36.5 Å². The number of aliphatic hydroxyl groups excluding tert-OH is 2. The van der Waals surface area contributed by atoms with Gasteiger partial charge < -0.3 is 34.7 Å². The van der Waals surface area contributed by atoms with Crippen LogP contribution in [0.15, 0.2) is 53.0 Å². The summed E-state index contributed by atoms with van der Waals surface area (Å²) in [6.07, 6.45) is 29.1. The predicted octanol–water partition coefficient (Wildman–Crippen LogP) is 9.54. The molecule has 1 aromatic rings. The summed E-state index contributed by atoms with van der Waals surface area (Å²) >= 11 is 0. The summed E-state index contributed by atoms with van der Waals surface area (Å²) in [6.45, 7) is 7.56. The number of phosphoric acid groups is 1. The minimum absolute atomic E-state index is 0.0101. The molecule has 13 heteroatoms. The topological polar surface area (TPSA) is 188 Å². The zero-order valence-corrected chi connectivity index (χ0v) is 36.8. The molecule has 0 spiro atoms. The van der Waals surface area contributed by atoms with Crippen LogP contribution >= 0.6 is 7.82 Å². The van der Waals surface area contributed by atoms with Gasteiger partial charge in [-0.25, -0.2) is 4.57 Å². The lowest BCUT2D eigenvalue weighted by Gasteiger charge is -2.20. The fourth-order valence-electron chi connectivity index (χ4n) is 6.05. The second-order valence-corrected chi connectivity index (χ2v) is 16.3. The second-order valence-electron chi connectivity index (χ2n) is 14.8. The first-order valence-corrected chi connectivity index (χ1v) is 23.2. The summed E-state index contributed by atoms with van der Waals surface area (Å²) in [5.41, 5.74) is 7.93. The van der Waals surface area contributed by atoms with Crippen molar-refractivity contribution in [2.75, 3.05) is 26.4 Å². The first kappa shape index (κ1) is 53.2. The van der Waals surface area contributed by atoms with Crippen molar-refractivity contribution in [3.8, 4) is 0 Å². The lowest BCUT2D eigenvalue weighted by molar-refractivity contribution is -0.161. The van der Waals surface area contributed by atoms with Gasteiger partial charge in [-0.1, -0.05) is 114 Å². The average molecular weight is 838 g/mol. The number of rotatable bonds is 36. The molecule has 1 rings (SSSR count). The maximum atomic E-state index is 12.6. The first-order valence-electron chi connectivity index (χ1n) is 21.7. The molecule has 1 unspecified atom stereocenters. The number of nitrogens with two attached hydrogens (primary N) is 1. The highest BCUT2D eigenvalue weighted by Gasteiger charge is 2.26. The molecule has 1 heterocycles. The molecule has 0 fully saturated rings. The standard InChI is InChI=1S/C45H76NO11P/c1-5-7-8-9-14-19-26-39(47)27-20-17-18-21-28-40(48)29-24-32-44(49)53-35-41(36-55-58(51,52)54-34-33-46)56-45(50)31-23-16-13-11-10-12-15-22-30-43-38(4)37(3)42(57-43)25-6-2/h14,17-21,27-28,39-41,47-48H,5-13,15-16,22-26,29-36,46H2,1-4H3,(H,51,52)/b18-17+,19-14-,27-20+,28-21-/t39-,40-,41-/m1/s1. The Morgan fingerprint density at radius 3 is 2.00 bits per heavy atom. The van der Waals surface area contributed by atoms with E-state index in [4.69, 9.17) is 28.7 Å². The highest BCUT2D eigenvalue weighted by molar-refractivity contribution is 7.47. The summed E-state index contributed by atoms with van der Waals surface area (Å²) < 4.78 is 38.7. The van der Waals surface area contributed by atoms with E-state index in [2.05, 4.69) is 33.8 Å². The van der Waals surface area contributed by atoms with Crippen LogP contribution in [0.3, 0.4) is 0 Å². The molecule has 0 aliphatic heterocycles. The van der Waals surface area contributed by atoms with Gasteiger partial charge in [0.15, 0.2) is 6.10 Å². The van der Waals surface area contributed by atoms with Gasteiger partial charge in [0.1, 0.15) is 18.1 Å². The number of esters is 2. The molecule has 0 aliphatic carbocycles. The summed E-state index contributed by atoms with van der Waals surface area (Å²) in [5, 5.41) is 20.3. The fraction of sp³-hybridized carbons (Fsp3) is 0.689. The van der Waals surface area contributed by atoms with Crippen LogP contribution in [0.5, 0.6) is 0 Å². The van der Waals surface area contributed by atoms with Crippen LogP contribution in [-0.2, 0) is 45.5 Å². The van der Waals surface area contributed by atoms with Crippen LogP contribution in [-0.4, -0.2) is 71.7 Å². The second kappa shape index (κ2) is 33.9. The highest BCUT2D eigenvalue weighted by atomic mass is 31.2. The van der Waals surface area contributed by atoms with Crippen molar-refractivity contribution in [3.05, 3.63) is 71.3 Å². The van der Waals surface area contributed by atoms with E-state index in [1.807, 2.05) is 6.08 Å². The number of aliphatic hydroxyl groups is 2. The number of unbranched alkanes of at least 4 members (excludes halogenated alkanes) is 10. The van der Waals surface area contributed by atoms with Crippen molar-refractivity contribution in [2.45, 2.75) is 174 Å². The summed E-state index contributed by atoms with van der Waals surface area (Å²) in [7, 11) is -4.45. The largest absolute Gasteiger partial charge is 0.472 e. The van der Waals surface area contributed by atoms with Gasteiger partial charge in [0, 0.05) is 32.2 Å². The molecule has 0 saturated heterocycles. The Labute approximate surface area is 348 Å². The Kier molecular flexibility index (Phi) is 31.1. The van der Waals surface area contributed by atoms with Crippen molar-refractivity contribution < 1.29 is 52.2 Å². The van der Waals surface area contributed by atoms with Crippen molar-refractivity contribution in [1.82, 2.24) is 0 Å². The molecule has 12 nitrogen and oxygen atoms in total. The zero-order valence-electron chi connectivity index (χ0n) is 36.0. The van der Waals surface area contributed by atoms with E-state index < -0.39 is 44.7 Å². The SMILES string of the molecule is CCCCC/C=C\C[C@@H](O)/C=C/C=C/C=C\[C@@H](O)CCCC(=O)OC[C@H](COP(=O)(O)OCCN)OC(=O)CCCCCCCCCCc1oc(CCC)c(C)c1C. The Bertz CT molecular complexity index is 1400. The molecule has 0 radical (unpaired) electrons. The molecule has 0 aliphatic rings. The van der Waals surface area contributed by atoms with Gasteiger partial charge in [0.05, 0.1) is 25.4 Å². The van der Waals surface area contributed by atoms with Crippen LogP contribution in [0, 0.1) is 13.8 Å². The molecular formula is C45H76NO11P. The number of allylic oxidation sites excluding steroid dienone is 5. The lowest BCUT2D eigenvalue weighted by atomic mass is 10.0. The number of furan rings is 1. The van der Waals surface area contributed by atoms with Gasteiger partial charge in [-0.05, 0) is 76.3 Å². The molecule has 0 bridgehead atoms. The van der Waals surface area contributed by atoms with E-state index >= 15 is 0 Å². The Hall–Kier alpha value is -2.83. The maximum Gasteiger partial charge on any atom is 0.472 e. The molecule has 5 N–H and O–H groups in total. The molecule has 0 aromatic carbocycles. The predicted molar refractivity (Wildman–Crippen MR) is 230 cm³/mol. The number of aryl methyl sites for hydroxylation is 2. The number of phosphoric ester groups is 1. The van der Waals surface area contributed by atoms with Gasteiger partial charge in [0.25, 0.3) is 0 Å². The maximum absolute atomic E-state index is 12.6. The summed E-state index contributed by atoms with van der Waals surface area (Å²) in [4.78, 5) is 35.0. The number of carbonyl (C=O) groups is 2. The molecule has 0 amide bonds. The van der Waals surface area contributed by atoms with Crippen molar-refractivity contribution in [1.29, 1.82) is 0 Å². The van der Waals surface area contributed by atoms with Gasteiger partial charge >= 0.3 is 19.8 Å². The Balaban J connectivity index is 2.36. The average Bonchev–Trinajstić information content (AvgIpc) is 3.46. The van der Waals surface area contributed by atoms with Crippen molar-refractivity contribution in [2.24, 2.45) is 5.73 Å². The Morgan fingerprint density at radius 1 is 0.724 bits per heavy atom. The first-order chi connectivity index (χ1) is 27.9. The lowest BCUT2D eigenvalue weighted by Crippen LogP contribution is -2.29. The third-order valence-electron chi connectivity index (χ3n) is 9.58. The van der Waals surface area contributed by atoms with Crippen molar-refractivity contribution >= 4 is 19.8 Å². The minimum Gasteiger partial charge on any atom is -0.466 e. The van der Waals surface area contributed by atoms with Gasteiger partial charge in [-0.3, -0.25) is 18.6 Å². The van der Waals surface area contributed by atoms with Gasteiger partial charge in [-0.15, -0.1) is 0 Å². The molecular weight excluding hydrogens is 761 g/mol. The van der Waals surface area contributed by atoms with Crippen LogP contribution in [0.1, 0.15) is 152 Å². The van der Waals surface area contributed by atoms with Crippen LogP contribution in [0.4, 0.5) is 0 Å². The van der Waals surface area contributed by atoms with Crippen LogP contribution < -0.4 is 5.73 Å². The van der Waals surface area contributed by atoms with E-state index in [1.165, 1.54) is 30.4 Å². The fourth-order valence-corrected chi connectivity index (χ4v) is 6.82. The zero-order chi connectivity index (χ0) is 42.9. The monoisotopic (exact) mass is 838 g/mol. The van der Waals surface area contributed by atoms with E-state index in [0.29, 0.717) is 25.7 Å². The smallest absolute Gasteiger partial charge is 0.466 e. The highest BCUT2D eigenvalue weighted by Crippen LogP contribution is 2.43. The number of hydrogen-bond donors (Lipinski definition) is 4. The van der Waals surface area contributed by atoms with E-state index in [9.17, 15) is 29.3 Å². The molecule has 332 valence electrons. The van der Waals surface area contributed by atoms with Gasteiger partial charge in [0.2, 0.25) is 0 Å². The van der Waals surface area contributed by atoms with Crippen LogP contribution in [0.2, 0.25) is 0 Å². The third kappa shape index (κ3) is 27.8.